The first-order valence-electron chi connectivity index (χ1n) is 5.80. The lowest BCUT2D eigenvalue weighted by Crippen LogP contribution is -2.19. The molecule has 1 aromatic carbocycles. The number of methoxy groups -OCH3 is 1. The van der Waals surface area contributed by atoms with Crippen molar-refractivity contribution in [2.24, 2.45) is 0 Å². The van der Waals surface area contributed by atoms with Gasteiger partial charge in [-0.2, -0.15) is 0 Å². The standard InChI is InChI=1S/C13H15N3O3/c1-19-11-12(14-8-15-13(11)18)16-10(7-17)9-5-3-2-4-6-9/h2-6,8,10,17H,7H2,1H3,(H2,14,15,16,18). The second kappa shape index (κ2) is 6.01. The summed E-state index contributed by atoms with van der Waals surface area (Å²) in [6.45, 7) is -0.123. The summed E-state index contributed by atoms with van der Waals surface area (Å²) < 4.78 is 5.01. The van der Waals surface area contributed by atoms with E-state index in [1.54, 1.807) is 0 Å². The van der Waals surface area contributed by atoms with Crippen LogP contribution >= 0.6 is 0 Å². The third-order valence-corrected chi connectivity index (χ3v) is 2.71. The van der Waals surface area contributed by atoms with E-state index in [4.69, 9.17) is 4.74 Å². The normalized spacial score (nSPS) is 11.9. The van der Waals surface area contributed by atoms with Gasteiger partial charge in [-0.15, -0.1) is 0 Å². The van der Waals surface area contributed by atoms with Crippen LogP contribution in [0.1, 0.15) is 11.6 Å². The first-order valence-corrected chi connectivity index (χ1v) is 5.80. The maximum atomic E-state index is 11.6. The average molecular weight is 261 g/mol. The number of aliphatic hydroxyl groups is 1. The monoisotopic (exact) mass is 261 g/mol. The highest BCUT2D eigenvalue weighted by molar-refractivity contribution is 5.49. The molecule has 0 aliphatic rings. The van der Waals surface area contributed by atoms with E-state index in [9.17, 15) is 9.90 Å². The molecule has 2 aromatic rings. The van der Waals surface area contributed by atoms with Gasteiger partial charge in [0, 0.05) is 0 Å². The smallest absolute Gasteiger partial charge is 0.295 e. The Bertz CT molecular complexity index is 583. The van der Waals surface area contributed by atoms with Gasteiger partial charge in [-0.25, -0.2) is 4.98 Å². The number of rotatable bonds is 5. The molecule has 19 heavy (non-hydrogen) atoms. The molecular formula is C13H15N3O3. The summed E-state index contributed by atoms with van der Waals surface area (Å²) in [5.74, 6) is 0.394. The number of hydrogen-bond acceptors (Lipinski definition) is 5. The number of aromatic nitrogens is 2. The highest BCUT2D eigenvalue weighted by Gasteiger charge is 2.15. The fraction of sp³-hybridized carbons (Fsp3) is 0.231. The average Bonchev–Trinajstić information content (AvgIpc) is 2.46. The Labute approximate surface area is 110 Å². The molecule has 0 bridgehead atoms. The number of ether oxygens (including phenoxy) is 1. The maximum Gasteiger partial charge on any atom is 0.295 e. The van der Waals surface area contributed by atoms with E-state index in [-0.39, 0.29) is 24.0 Å². The van der Waals surface area contributed by atoms with Crippen molar-refractivity contribution in [1.82, 2.24) is 9.97 Å². The molecule has 0 saturated heterocycles. The minimum atomic E-state index is -0.371. The van der Waals surface area contributed by atoms with Crippen molar-refractivity contribution >= 4 is 5.82 Å². The van der Waals surface area contributed by atoms with Crippen LogP contribution in [0, 0.1) is 0 Å². The Kier molecular flexibility index (Phi) is 4.15. The van der Waals surface area contributed by atoms with Gasteiger partial charge in [0.15, 0.2) is 5.82 Å². The molecule has 0 saturated carbocycles. The molecule has 6 heteroatoms. The van der Waals surface area contributed by atoms with E-state index in [1.807, 2.05) is 30.3 Å². The molecule has 2 rings (SSSR count). The van der Waals surface area contributed by atoms with Gasteiger partial charge >= 0.3 is 0 Å². The number of benzene rings is 1. The van der Waals surface area contributed by atoms with Crippen molar-refractivity contribution < 1.29 is 9.84 Å². The van der Waals surface area contributed by atoms with Crippen LogP contribution in [0.15, 0.2) is 41.5 Å². The van der Waals surface area contributed by atoms with Crippen LogP contribution in [0.5, 0.6) is 5.75 Å². The quantitative estimate of drug-likeness (QED) is 0.745. The molecule has 0 aliphatic heterocycles. The van der Waals surface area contributed by atoms with Gasteiger partial charge in [0.05, 0.1) is 26.1 Å². The van der Waals surface area contributed by atoms with Gasteiger partial charge in [0.25, 0.3) is 5.56 Å². The Morgan fingerprint density at radius 2 is 2.16 bits per heavy atom. The van der Waals surface area contributed by atoms with Gasteiger partial charge in [-0.3, -0.25) is 4.79 Å². The number of anilines is 1. The lowest BCUT2D eigenvalue weighted by Gasteiger charge is -2.18. The number of hydrogen-bond donors (Lipinski definition) is 3. The molecule has 0 spiro atoms. The summed E-state index contributed by atoms with van der Waals surface area (Å²) >= 11 is 0. The Balaban J connectivity index is 2.29. The van der Waals surface area contributed by atoms with Crippen molar-refractivity contribution in [2.45, 2.75) is 6.04 Å². The van der Waals surface area contributed by atoms with Crippen molar-refractivity contribution in [3.05, 3.63) is 52.6 Å². The van der Waals surface area contributed by atoms with Crippen LogP contribution in [-0.2, 0) is 0 Å². The van der Waals surface area contributed by atoms with E-state index >= 15 is 0 Å². The predicted molar refractivity (Wildman–Crippen MR) is 71.3 cm³/mol. The summed E-state index contributed by atoms with van der Waals surface area (Å²) in [7, 11) is 1.40. The van der Waals surface area contributed by atoms with Gasteiger partial charge in [0.1, 0.15) is 0 Å². The van der Waals surface area contributed by atoms with Crippen molar-refractivity contribution in [3.63, 3.8) is 0 Å². The highest BCUT2D eigenvalue weighted by Crippen LogP contribution is 2.22. The topological polar surface area (TPSA) is 87.2 Å². The van der Waals surface area contributed by atoms with Crippen LogP contribution < -0.4 is 15.6 Å². The first-order chi connectivity index (χ1) is 9.26. The number of nitrogens with one attached hydrogen (secondary N) is 2. The zero-order valence-corrected chi connectivity index (χ0v) is 10.5. The number of H-pyrrole nitrogens is 1. The molecule has 0 amide bonds. The van der Waals surface area contributed by atoms with E-state index in [1.165, 1.54) is 13.4 Å². The van der Waals surface area contributed by atoms with Gasteiger partial charge in [-0.1, -0.05) is 30.3 Å². The fourth-order valence-electron chi connectivity index (χ4n) is 1.76. The minimum Gasteiger partial charge on any atom is -0.489 e. The molecule has 1 unspecified atom stereocenters. The Morgan fingerprint density at radius 1 is 1.42 bits per heavy atom. The maximum absolute atomic E-state index is 11.6. The van der Waals surface area contributed by atoms with E-state index < -0.39 is 0 Å². The second-order valence-corrected chi connectivity index (χ2v) is 3.90. The van der Waals surface area contributed by atoms with Crippen LogP contribution in [-0.4, -0.2) is 28.8 Å². The van der Waals surface area contributed by atoms with E-state index in [0.29, 0.717) is 5.82 Å². The molecule has 0 fully saturated rings. The number of aromatic amines is 1. The molecule has 3 N–H and O–H groups in total. The van der Waals surface area contributed by atoms with Gasteiger partial charge in [-0.05, 0) is 5.56 Å². The second-order valence-electron chi connectivity index (χ2n) is 3.90. The molecule has 100 valence electrons. The van der Waals surface area contributed by atoms with Crippen molar-refractivity contribution in [3.8, 4) is 5.75 Å². The lowest BCUT2D eigenvalue weighted by molar-refractivity contribution is 0.275. The van der Waals surface area contributed by atoms with Gasteiger partial charge < -0.3 is 20.1 Å². The van der Waals surface area contributed by atoms with Crippen LogP contribution in [0.2, 0.25) is 0 Å². The summed E-state index contributed by atoms with van der Waals surface area (Å²) in [5, 5.41) is 12.5. The highest BCUT2D eigenvalue weighted by atomic mass is 16.5. The third-order valence-electron chi connectivity index (χ3n) is 2.71. The fourth-order valence-corrected chi connectivity index (χ4v) is 1.76. The summed E-state index contributed by atoms with van der Waals surface area (Å²) in [5.41, 5.74) is 0.527. The Morgan fingerprint density at radius 3 is 2.79 bits per heavy atom. The molecule has 1 aromatic heterocycles. The first kappa shape index (κ1) is 13.1. The molecule has 6 nitrogen and oxygen atoms in total. The third kappa shape index (κ3) is 2.92. The van der Waals surface area contributed by atoms with Crippen LogP contribution in [0.4, 0.5) is 5.82 Å². The largest absolute Gasteiger partial charge is 0.489 e. The van der Waals surface area contributed by atoms with Crippen LogP contribution in [0.25, 0.3) is 0 Å². The molecule has 1 atom stereocenters. The molecule has 0 aliphatic carbocycles. The predicted octanol–water partition coefficient (Wildman–Crippen LogP) is 0.924. The SMILES string of the molecule is COc1c(NC(CO)c2ccccc2)nc[nH]c1=O. The van der Waals surface area contributed by atoms with Crippen molar-refractivity contribution in [1.29, 1.82) is 0 Å². The summed E-state index contributed by atoms with van der Waals surface area (Å²) in [6.07, 6.45) is 1.28. The zero-order valence-electron chi connectivity index (χ0n) is 10.5. The molecule has 1 heterocycles. The van der Waals surface area contributed by atoms with Gasteiger partial charge in [0.2, 0.25) is 5.75 Å². The van der Waals surface area contributed by atoms with E-state index in [0.717, 1.165) is 5.56 Å². The molecular weight excluding hydrogens is 246 g/mol. The van der Waals surface area contributed by atoms with E-state index in [2.05, 4.69) is 15.3 Å². The minimum absolute atomic E-state index is 0.0943. The molecule has 0 radical (unpaired) electrons. The number of nitrogens with zero attached hydrogens (tertiary/aromatic N) is 1. The zero-order chi connectivity index (χ0) is 13.7. The summed E-state index contributed by atoms with van der Waals surface area (Å²) in [4.78, 5) is 18.0. The summed E-state index contributed by atoms with van der Waals surface area (Å²) in [6, 6.07) is 9.05. The number of aliphatic hydroxyl groups excluding tert-OH is 1. The van der Waals surface area contributed by atoms with Crippen LogP contribution in [0.3, 0.4) is 0 Å². The lowest BCUT2D eigenvalue weighted by atomic mass is 10.1. The Hall–Kier alpha value is -2.34. The van der Waals surface area contributed by atoms with Crippen molar-refractivity contribution in [2.75, 3.05) is 19.0 Å².